The largest absolute Gasteiger partial charge is 0.412 e. The number of rotatable bonds is 0. The van der Waals surface area contributed by atoms with E-state index in [9.17, 15) is 4.39 Å². The van der Waals surface area contributed by atoms with E-state index in [-0.39, 0.29) is 5.48 Å². The lowest BCUT2D eigenvalue weighted by molar-refractivity contribution is 0.208. The highest BCUT2D eigenvalue weighted by molar-refractivity contribution is 4.68. The summed E-state index contributed by atoms with van der Waals surface area (Å²) in [6.07, 6.45) is 3.46. The second kappa shape index (κ2) is 7.99. The number of hydrogen-bond donors (Lipinski definition) is 0. The number of hydrogen-bond acceptors (Lipinski definition) is 0. The monoisotopic (exact) mass is 164 g/mol. The fourth-order valence-electron chi connectivity index (χ4n) is 1.36. The summed E-state index contributed by atoms with van der Waals surface area (Å²) in [7, 11) is 0. The van der Waals surface area contributed by atoms with Gasteiger partial charge in [-0.3, -0.25) is 0 Å². The van der Waals surface area contributed by atoms with Crippen molar-refractivity contribution in [1.82, 2.24) is 0 Å². The van der Waals surface area contributed by atoms with Gasteiger partial charge in [0.2, 0.25) is 0 Å². The van der Waals surface area contributed by atoms with Crippen molar-refractivity contribution in [1.29, 1.82) is 0 Å². The van der Waals surface area contributed by atoms with Crippen LogP contribution in [0.4, 0.5) is 4.39 Å². The molecule has 0 bridgehead atoms. The molecule has 0 aromatic rings. The third-order valence-corrected chi connectivity index (χ3v) is 1.87. The van der Waals surface area contributed by atoms with Gasteiger partial charge >= 0.3 is 0 Å². The second-order valence-electron chi connectivity index (χ2n) is 2.87. The van der Waals surface area contributed by atoms with Gasteiger partial charge in [0.15, 0.2) is 0 Å². The van der Waals surface area contributed by atoms with Crippen LogP contribution in [-0.2, 0) is 0 Å². The number of alkyl halides is 1. The van der Waals surface area contributed by atoms with Gasteiger partial charge in [-0.05, 0) is 18.8 Å². The van der Waals surface area contributed by atoms with Gasteiger partial charge < -0.3 is 5.48 Å². The van der Waals surface area contributed by atoms with E-state index in [1.807, 2.05) is 13.8 Å². The van der Waals surface area contributed by atoms with Crippen molar-refractivity contribution >= 4 is 0 Å². The van der Waals surface area contributed by atoms with Crippen LogP contribution in [0.3, 0.4) is 0 Å². The van der Waals surface area contributed by atoms with Crippen molar-refractivity contribution in [3.05, 3.63) is 0 Å². The van der Waals surface area contributed by atoms with Crippen LogP contribution >= 0.6 is 0 Å². The molecule has 2 unspecified atom stereocenters. The average Bonchev–Trinajstić information content (AvgIpc) is 1.91. The van der Waals surface area contributed by atoms with Crippen LogP contribution < -0.4 is 0 Å². The lowest BCUT2D eigenvalue weighted by Gasteiger charge is -2.20. The summed E-state index contributed by atoms with van der Waals surface area (Å²) in [5.74, 6) is 0.638. The summed E-state index contributed by atoms with van der Waals surface area (Å²) in [6, 6.07) is 0. The van der Waals surface area contributed by atoms with Crippen molar-refractivity contribution in [2.24, 2.45) is 5.92 Å². The Balaban J connectivity index is 0. The van der Waals surface area contributed by atoms with Gasteiger partial charge in [0, 0.05) is 0 Å². The molecule has 0 heterocycles. The molecule has 0 amide bonds. The molecular formula is C9H21FO. The third-order valence-electron chi connectivity index (χ3n) is 1.87. The molecule has 2 N–H and O–H groups in total. The van der Waals surface area contributed by atoms with Gasteiger partial charge in [-0.2, -0.15) is 0 Å². The molecule has 1 nitrogen and oxygen atoms in total. The summed E-state index contributed by atoms with van der Waals surface area (Å²) in [5.41, 5.74) is 0. The van der Waals surface area contributed by atoms with E-state index in [4.69, 9.17) is 0 Å². The molecule has 11 heavy (non-hydrogen) atoms. The van der Waals surface area contributed by atoms with Crippen LogP contribution in [0.5, 0.6) is 0 Å². The highest BCUT2D eigenvalue weighted by atomic mass is 19.1. The zero-order valence-corrected chi connectivity index (χ0v) is 7.86. The molecule has 2 heteroatoms. The molecule has 70 valence electrons. The quantitative estimate of drug-likeness (QED) is 0.527. The standard InChI is InChI=1S/C7H13F.C2H6.H2O/c1-6-3-2-4-7(8)5-6;1-2;/h6-7H,2-5H2,1H3;1-2H3;1H2. The first kappa shape index (κ1) is 13.5. The molecule has 0 radical (unpaired) electrons. The molecule has 1 rings (SSSR count). The zero-order valence-electron chi connectivity index (χ0n) is 7.86. The third kappa shape index (κ3) is 6.29. The highest BCUT2D eigenvalue weighted by Crippen LogP contribution is 2.25. The predicted octanol–water partition coefficient (Wildman–Crippen LogP) is 2.74. The Kier molecular flexibility index (Phi) is 9.79. The van der Waals surface area contributed by atoms with E-state index in [0.29, 0.717) is 5.92 Å². The van der Waals surface area contributed by atoms with E-state index in [0.717, 1.165) is 19.3 Å². The first-order chi connectivity index (χ1) is 4.79. The fraction of sp³-hybridized carbons (Fsp3) is 1.00. The van der Waals surface area contributed by atoms with Crippen LogP contribution in [0, 0.1) is 5.92 Å². The molecule has 1 fully saturated rings. The van der Waals surface area contributed by atoms with Crippen LogP contribution in [0.15, 0.2) is 0 Å². The first-order valence-electron chi connectivity index (χ1n) is 4.43. The zero-order chi connectivity index (χ0) is 7.98. The van der Waals surface area contributed by atoms with E-state index < -0.39 is 6.17 Å². The summed E-state index contributed by atoms with van der Waals surface area (Å²) < 4.78 is 12.4. The van der Waals surface area contributed by atoms with E-state index >= 15 is 0 Å². The van der Waals surface area contributed by atoms with E-state index in [1.54, 1.807) is 0 Å². The van der Waals surface area contributed by atoms with Crippen LogP contribution in [0.25, 0.3) is 0 Å². The Morgan fingerprint density at radius 1 is 1.18 bits per heavy atom. The SMILES string of the molecule is CC.CC1CCCC(F)C1.O. The van der Waals surface area contributed by atoms with Crippen LogP contribution in [0.1, 0.15) is 46.5 Å². The van der Waals surface area contributed by atoms with Gasteiger partial charge in [0.25, 0.3) is 0 Å². The van der Waals surface area contributed by atoms with Crippen LogP contribution in [-0.4, -0.2) is 11.6 Å². The fourth-order valence-corrected chi connectivity index (χ4v) is 1.36. The maximum Gasteiger partial charge on any atom is 0.100 e. The molecule has 1 aliphatic rings. The molecule has 2 atom stereocenters. The molecule has 0 aliphatic heterocycles. The van der Waals surface area contributed by atoms with Crippen molar-refractivity contribution in [3.8, 4) is 0 Å². The minimum absolute atomic E-state index is 0. The maximum atomic E-state index is 12.4. The van der Waals surface area contributed by atoms with Gasteiger partial charge in [0.05, 0.1) is 0 Å². The summed E-state index contributed by atoms with van der Waals surface area (Å²) >= 11 is 0. The average molecular weight is 164 g/mol. The highest BCUT2D eigenvalue weighted by Gasteiger charge is 2.16. The van der Waals surface area contributed by atoms with Crippen molar-refractivity contribution in [2.75, 3.05) is 0 Å². The first-order valence-corrected chi connectivity index (χ1v) is 4.43. The smallest absolute Gasteiger partial charge is 0.100 e. The Labute approximate surface area is 69.3 Å². The molecule has 0 aromatic carbocycles. The minimum atomic E-state index is -0.487. The van der Waals surface area contributed by atoms with Gasteiger partial charge in [0.1, 0.15) is 6.17 Å². The van der Waals surface area contributed by atoms with Crippen molar-refractivity contribution in [3.63, 3.8) is 0 Å². The Bertz CT molecular complexity index is 68.0. The molecule has 0 spiro atoms. The van der Waals surface area contributed by atoms with Crippen molar-refractivity contribution < 1.29 is 9.87 Å². The predicted molar refractivity (Wildman–Crippen MR) is 47.5 cm³/mol. The van der Waals surface area contributed by atoms with Gasteiger partial charge in [-0.1, -0.05) is 33.6 Å². The normalized spacial score (nSPS) is 29.5. The molecule has 1 aliphatic carbocycles. The van der Waals surface area contributed by atoms with Crippen LogP contribution in [0.2, 0.25) is 0 Å². The molecular weight excluding hydrogens is 143 g/mol. The second-order valence-corrected chi connectivity index (χ2v) is 2.87. The maximum absolute atomic E-state index is 12.4. The topological polar surface area (TPSA) is 31.5 Å². The van der Waals surface area contributed by atoms with E-state index in [1.165, 1.54) is 6.42 Å². The van der Waals surface area contributed by atoms with Crippen molar-refractivity contribution in [2.45, 2.75) is 52.6 Å². The summed E-state index contributed by atoms with van der Waals surface area (Å²) in [4.78, 5) is 0. The lowest BCUT2D eigenvalue weighted by Crippen LogP contribution is -2.12. The van der Waals surface area contributed by atoms with Gasteiger partial charge in [-0.15, -0.1) is 0 Å². The Morgan fingerprint density at radius 3 is 2.00 bits per heavy atom. The van der Waals surface area contributed by atoms with Gasteiger partial charge in [-0.25, -0.2) is 4.39 Å². The molecule has 1 saturated carbocycles. The summed E-state index contributed by atoms with van der Waals surface area (Å²) in [5, 5.41) is 0. The minimum Gasteiger partial charge on any atom is -0.412 e. The molecule has 0 saturated heterocycles. The lowest BCUT2D eigenvalue weighted by atomic mass is 9.90. The van der Waals surface area contributed by atoms with E-state index in [2.05, 4.69) is 6.92 Å². The number of halogens is 1. The Hall–Kier alpha value is -0.110. The summed E-state index contributed by atoms with van der Waals surface area (Å²) in [6.45, 7) is 6.13. The molecule has 0 aromatic heterocycles. The Morgan fingerprint density at radius 2 is 1.73 bits per heavy atom.